The Balaban J connectivity index is 0. The van der Waals surface area contributed by atoms with Crippen LogP contribution in [-0.2, 0) is 31.4 Å². The summed E-state index contributed by atoms with van der Waals surface area (Å²) in [5, 5.41) is 9.70. The fourth-order valence-corrected chi connectivity index (χ4v) is 0.326. The molecule has 11 heavy (non-hydrogen) atoms. The first kappa shape index (κ1) is 12.8. The summed E-state index contributed by atoms with van der Waals surface area (Å²) in [7, 11) is 0. The molecule has 62 valence electrons. The van der Waals surface area contributed by atoms with E-state index in [1.165, 1.54) is 0 Å². The first-order valence-corrected chi connectivity index (χ1v) is 2.72. The summed E-state index contributed by atoms with van der Waals surface area (Å²) in [6.45, 7) is 1.86. The molecule has 0 atom stereocenters. The summed E-state index contributed by atoms with van der Waals surface area (Å²) in [6, 6.07) is 0. The molecule has 0 N–H and O–H groups in total. The number of ether oxygens (including phenoxy) is 1. The van der Waals surface area contributed by atoms with E-state index < -0.39 is 11.9 Å². The van der Waals surface area contributed by atoms with Crippen LogP contribution in [0.25, 0.3) is 0 Å². The van der Waals surface area contributed by atoms with Crippen LogP contribution in [0.15, 0.2) is 12.2 Å². The third kappa shape index (κ3) is 9.20. The first-order valence-electron chi connectivity index (χ1n) is 2.72. The van der Waals surface area contributed by atoms with Crippen molar-refractivity contribution in [1.82, 2.24) is 0 Å². The van der Waals surface area contributed by atoms with Gasteiger partial charge in [-0.25, -0.2) is 4.79 Å². The van der Waals surface area contributed by atoms with Gasteiger partial charge >= 0.3 is 23.0 Å². The van der Waals surface area contributed by atoms with Gasteiger partial charge in [-0.05, 0) is 13.0 Å². The van der Waals surface area contributed by atoms with Crippen LogP contribution in [0.1, 0.15) is 6.92 Å². The maximum atomic E-state index is 10.3. The minimum atomic E-state index is -1.41. The Morgan fingerprint density at radius 2 is 2.00 bits per heavy atom. The van der Waals surface area contributed by atoms with E-state index in [-0.39, 0.29) is 23.7 Å². The topological polar surface area (TPSA) is 66.4 Å². The number of carboxylic acids is 1. The molecule has 5 heteroatoms. The second-order valence-corrected chi connectivity index (χ2v) is 1.40. The third-order valence-electron chi connectivity index (χ3n) is 0.642. The van der Waals surface area contributed by atoms with Crippen LogP contribution in [0.2, 0.25) is 0 Å². The van der Waals surface area contributed by atoms with Gasteiger partial charge in [0, 0.05) is 6.08 Å². The Bertz CT molecular complexity index is 164. The van der Waals surface area contributed by atoms with E-state index in [4.69, 9.17) is 0 Å². The summed E-state index contributed by atoms with van der Waals surface area (Å²) in [6.07, 6.45) is 1.43. The monoisotopic (exact) mass is 199 g/mol. The van der Waals surface area contributed by atoms with Crippen molar-refractivity contribution in [1.29, 1.82) is 0 Å². The van der Waals surface area contributed by atoms with E-state index in [1.807, 2.05) is 0 Å². The van der Waals surface area contributed by atoms with Crippen molar-refractivity contribution in [2.24, 2.45) is 0 Å². The fraction of sp³-hybridized carbons (Fsp3) is 0.333. The van der Waals surface area contributed by atoms with Crippen LogP contribution < -0.4 is 5.11 Å². The molecule has 0 heterocycles. The van der Waals surface area contributed by atoms with Gasteiger partial charge in [0.15, 0.2) is 0 Å². The summed E-state index contributed by atoms with van der Waals surface area (Å²) in [4.78, 5) is 20.0. The van der Waals surface area contributed by atoms with Crippen LogP contribution in [0.5, 0.6) is 0 Å². The zero-order chi connectivity index (χ0) is 7.98. The van der Waals surface area contributed by atoms with Crippen molar-refractivity contribution in [3.63, 3.8) is 0 Å². The number of esters is 1. The van der Waals surface area contributed by atoms with Crippen molar-refractivity contribution in [2.45, 2.75) is 6.92 Å². The summed E-state index contributed by atoms with van der Waals surface area (Å²) < 4.78 is 4.38. The Labute approximate surface area is 74.7 Å². The number of carbonyl (C=O) groups excluding carboxylic acids is 2. The number of aliphatic carboxylic acids is 1. The zero-order valence-corrected chi connectivity index (χ0v) is 6.95. The molecule has 4 nitrogen and oxygen atoms in total. The van der Waals surface area contributed by atoms with E-state index in [1.54, 1.807) is 6.92 Å². The van der Waals surface area contributed by atoms with Gasteiger partial charge in [0.2, 0.25) is 0 Å². The molecule has 0 saturated carbocycles. The SMILES string of the molecule is CCOC(=O)/C=C/C(=O)[O-].[Fe+2]. The van der Waals surface area contributed by atoms with Crippen molar-refractivity contribution in [3.8, 4) is 0 Å². The molecule has 0 aromatic rings. The van der Waals surface area contributed by atoms with E-state index in [0.717, 1.165) is 6.08 Å². The normalized spacial score (nSPS) is 8.82. The van der Waals surface area contributed by atoms with Crippen LogP contribution >= 0.6 is 0 Å². The van der Waals surface area contributed by atoms with Crippen molar-refractivity contribution in [2.75, 3.05) is 6.61 Å². The number of carbonyl (C=O) groups is 2. The van der Waals surface area contributed by atoms with Gasteiger partial charge in [-0.1, -0.05) is 0 Å². The molecule has 0 rings (SSSR count). The molecule has 0 unspecified atom stereocenters. The molecule has 0 saturated heterocycles. The minimum Gasteiger partial charge on any atom is -0.545 e. The van der Waals surface area contributed by atoms with Crippen LogP contribution in [0, 0.1) is 0 Å². The van der Waals surface area contributed by atoms with Crippen LogP contribution in [-0.4, -0.2) is 18.5 Å². The fourth-order valence-electron chi connectivity index (χ4n) is 0.326. The smallest absolute Gasteiger partial charge is 0.545 e. The van der Waals surface area contributed by atoms with E-state index in [9.17, 15) is 14.7 Å². The summed E-state index contributed by atoms with van der Waals surface area (Å²) in [5.41, 5.74) is 0. The predicted octanol–water partition coefficient (Wildman–Crippen LogP) is -1.15. The molecule has 0 aliphatic rings. The number of carboxylic acid groups (broad SMARTS) is 1. The quantitative estimate of drug-likeness (QED) is 0.327. The summed E-state index contributed by atoms with van der Waals surface area (Å²) in [5.74, 6) is -2.08. The Hall–Kier alpha value is -0.801. The number of rotatable bonds is 3. The second kappa shape index (κ2) is 7.31. The molecule has 0 aliphatic heterocycles. The third-order valence-corrected chi connectivity index (χ3v) is 0.642. The molecule has 0 aliphatic carbocycles. The van der Waals surface area contributed by atoms with Gasteiger partial charge < -0.3 is 14.6 Å². The molecule has 0 spiro atoms. The molecular formula is C6H7FeO4+. The molecule has 0 aromatic heterocycles. The average molecular weight is 199 g/mol. The van der Waals surface area contributed by atoms with Gasteiger partial charge in [-0.3, -0.25) is 0 Å². The van der Waals surface area contributed by atoms with E-state index >= 15 is 0 Å². The van der Waals surface area contributed by atoms with E-state index in [0.29, 0.717) is 6.08 Å². The van der Waals surface area contributed by atoms with Gasteiger partial charge in [0.1, 0.15) is 0 Å². The minimum absolute atomic E-state index is 0. The Morgan fingerprint density at radius 3 is 2.36 bits per heavy atom. The van der Waals surface area contributed by atoms with Gasteiger partial charge in [-0.2, -0.15) is 0 Å². The molecular weight excluding hydrogens is 192 g/mol. The van der Waals surface area contributed by atoms with Crippen molar-refractivity contribution < 1.29 is 36.5 Å². The predicted molar refractivity (Wildman–Crippen MR) is 30.8 cm³/mol. The zero-order valence-electron chi connectivity index (χ0n) is 5.85. The largest absolute Gasteiger partial charge is 2.00 e. The van der Waals surface area contributed by atoms with Gasteiger partial charge in [-0.15, -0.1) is 0 Å². The summed E-state index contributed by atoms with van der Waals surface area (Å²) >= 11 is 0. The van der Waals surface area contributed by atoms with Crippen molar-refractivity contribution >= 4 is 11.9 Å². The molecule has 0 radical (unpaired) electrons. The molecule has 0 amide bonds. The standard InChI is InChI=1S/C6H8O4.Fe/c1-2-10-6(9)4-3-5(7)8;/h3-4H,2H2,1H3,(H,7,8);/q;+2/p-1/b4-3+;. The molecule has 0 aromatic carbocycles. The second-order valence-electron chi connectivity index (χ2n) is 1.40. The van der Waals surface area contributed by atoms with Gasteiger partial charge in [0.05, 0.1) is 12.6 Å². The molecule has 0 bridgehead atoms. The van der Waals surface area contributed by atoms with E-state index in [2.05, 4.69) is 4.74 Å². The molecule has 0 fully saturated rings. The van der Waals surface area contributed by atoms with Crippen LogP contribution in [0.4, 0.5) is 0 Å². The number of hydrogen-bond acceptors (Lipinski definition) is 4. The Kier molecular flexibility index (Phi) is 8.53. The van der Waals surface area contributed by atoms with Crippen molar-refractivity contribution in [3.05, 3.63) is 12.2 Å². The average Bonchev–Trinajstić information content (AvgIpc) is 1.85. The van der Waals surface area contributed by atoms with Gasteiger partial charge in [0.25, 0.3) is 0 Å². The maximum Gasteiger partial charge on any atom is 2.00 e. The first-order chi connectivity index (χ1) is 4.66. The Morgan fingerprint density at radius 1 is 1.45 bits per heavy atom. The maximum absolute atomic E-state index is 10.3. The number of hydrogen-bond donors (Lipinski definition) is 0. The van der Waals surface area contributed by atoms with Crippen LogP contribution in [0.3, 0.4) is 0 Å².